The van der Waals surface area contributed by atoms with Crippen molar-refractivity contribution in [2.75, 3.05) is 6.61 Å². The number of ether oxygens (including phenoxy) is 2. The Balaban J connectivity index is 2.75. The Morgan fingerprint density at radius 3 is 2.52 bits per heavy atom. The second-order valence-electron chi connectivity index (χ2n) is 7.64. The number of amides is 2. The molecule has 1 rings (SSSR count). The van der Waals surface area contributed by atoms with Gasteiger partial charge in [-0.3, -0.25) is 9.59 Å². The number of carbonyl (C=O) groups excluding carboxylic acids is 2. The Hall–Kier alpha value is -2.84. The highest BCUT2D eigenvalue weighted by Crippen LogP contribution is 2.22. The van der Waals surface area contributed by atoms with Crippen LogP contribution in [0.2, 0.25) is 0 Å². The molecule has 0 radical (unpaired) electrons. The molecule has 8 nitrogen and oxygen atoms in total. The first-order chi connectivity index (χ1) is 13.5. The summed E-state index contributed by atoms with van der Waals surface area (Å²) >= 11 is 0. The number of nitrogens with two attached hydrogens (primary N) is 1. The van der Waals surface area contributed by atoms with E-state index in [9.17, 15) is 18.8 Å². The molecule has 0 saturated carbocycles. The number of carboxylic acid groups (broad SMARTS) is 1. The van der Waals surface area contributed by atoms with Crippen LogP contribution in [0.25, 0.3) is 0 Å². The van der Waals surface area contributed by atoms with Crippen molar-refractivity contribution in [3.8, 4) is 5.75 Å². The highest BCUT2D eigenvalue weighted by molar-refractivity contribution is 5.74. The van der Waals surface area contributed by atoms with Crippen LogP contribution >= 0.6 is 0 Å². The van der Waals surface area contributed by atoms with Crippen molar-refractivity contribution in [2.45, 2.75) is 64.5 Å². The van der Waals surface area contributed by atoms with Gasteiger partial charge < -0.3 is 25.6 Å². The lowest BCUT2D eigenvalue weighted by atomic mass is 10.1. The molecule has 0 aliphatic heterocycles. The summed E-state index contributed by atoms with van der Waals surface area (Å²) in [5, 5.41) is 11.3. The minimum atomic E-state index is -0.941. The van der Waals surface area contributed by atoms with Gasteiger partial charge in [0.1, 0.15) is 12.2 Å². The van der Waals surface area contributed by atoms with E-state index in [1.165, 1.54) is 6.07 Å². The first-order valence-electron chi connectivity index (χ1n) is 9.37. The molecule has 1 atom stereocenters. The number of hydrogen-bond donors (Lipinski definition) is 3. The molecule has 162 valence electrons. The van der Waals surface area contributed by atoms with Crippen LogP contribution in [0.5, 0.6) is 5.75 Å². The highest BCUT2D eigenvalue weighted by atomic mass is 19.1. The van der Waals surface area contributed by atoms with E-state index in [1.54, 1.807) is 32.9 Å². The van der Waals surface area contributed by atoms with E-state index in [4.69, 9.17) is 20.3 Å². The summed E-state index contributed by atoms with van der Waals surface area (Å²) in [6.07, 6.45) is 0.0435. The average Bonchev–Trinajstić information content (AvgIpc) is 2.57. The van der Waals surface area contributed by atoms with Gasteiger partial charge in [0.05, 0.1) is 6.04 Å². The van der Waals surface area contributed by atoms with E-state index in [0.717, 1.165) is 0 Å². The fourth-order valence-corrected chi connectivity index (χ4v) is 2.47. The normalized spacial score (nSPS) is 12.1. The van der Waals surface area contributed by atoms with Crippen LogP contribution in [0, 0.1) is 5.82 Å². The Kier molecular flexibility index (Phi) is 9.37. The Morgan fingerprint density at radius 1 is 1.24 bits per heavy atom. The third-order valence-corrected chi connectivity index (χ3v) is 3.78. The van der Waals surface area contributed by atoms with Gasteiger partial charge in [0.2, 0.25) is 5.91 Å². The summed E-state index contributed by atoms with van der Waals surface area (Å²) in [4.78, 5) is 33.7. The van der Waals surface area contributed by atoms with E-state index >= 15 is 0 Å². The molecule has 0 aromatic heterocycles. The number of carboxylic acids is 1. The minimum Gasteiger partial charge on any atom is -0.488 e. The van der Waals surface area contributed by atoms with E-state index in [0.29, 0.717) is 12.0 Å². The van der Waals surface area contributed by atoms with Crippen molar-refractivity contribution in [1.29, 1.82) is 0 Å². The second kappa shape index (κ2) is 11.2. The maximum atomic E-state index is 14.6. The van der Waals surface area contributed by atoms with E-state index in [1.807, 2.05) is 0 Å². The number of hydrogen-bond acceptors (Lipinski definition) is 5. The van der Waals surface area contributed by atoms with Gasteiger partial charge in [-0.25, -0.2) is 9.18 Å². The van der Waals surface area contributed by atoms with Crippen LogP contribution in [-0.2, 0) is 20.7 Å². The standard InChI is InChI=1S/C20H29FN2O6/c1-20(2,3)29-19(27)23-14(10-11-16(22)24)12-28-15-8-4-6-13(18(15)21)7-5-9-17(25)26/h4,6,8,14H,5,7,9-12H2,1-3H3,(H2,22,24)(H,23,27)(H,25,26)/t14-/m0/s1. The predicted molar refractivity (Wildman–Crippen MR) is 104 cm³/mol. The zero-order valence-electron chi connectivity index (χ0n) is 17.0. The van der Waals surface area contributed by atoms with Crippen molar-refractivity contribution < 1.29 is 33.4 Å². The van der Waals surface area contributed by atoms with Gasteiger partial charge in [0, 0.05) is 12.8 Å². The van der Waals surface area contributed by atoms with Gasteiger partial charge in [-0.1, -0.05) is 12.1 Å². The highest BCUT2D eigenvalue weighted by Gasteiger charge is 2.21. The molecular formula is C20H29FN2O6. The molecular weight excluding hydrogens is 383 g/mol. The molecule has 4 N–H and O–H groups in total. The van der Waals surface area contributed by atoms with Crippen LogP contribution in [0.15, 0.2) is 18.2 Å². The van der Waals surface area contributed by atoms with Gasteiger partial charge in [0.15, 0.2) is 11.6 Å². The van der Waals surface area contributed by atoms with Crippen LogP contribution in [0.1, 0.15) is 52.0 Å². The fraction of sp³-hybridized carbons (Fsp3) is 0.550. The monoisotopic (exact) mass is 412 g/mol. The van der Waals surface area contributed by atoms with Gasteiger partial charge in [-0.05, 0) is 51.7 Å². The predicted octanol–water partition coefficient (Wildman–Crippen LogP) is 2.77. The number of halogens is 1. The Bertz CT molecular complexity index is 717. The topological polar surface area (TPSA) is 128 Å². The molecule has 9 heteroatoms. The molecule has 0 unspecified atom stereocenters. The molecule has 0 fully saturated rings. The lowest BCUT2D eigenvalue weighted by molar-refractivity contribution is -0.137. The smallest absolute Gasteiger partial charge is 0.407 e. The molecule has 0 spiro atoms. The second-order valence-corrected chi connectivity index (χ2v) is 7.64. The Morgan fingerprint density at radius 2 is 1.93 bits per heavy atom. The van der Waals surface area contributed by atoms with E-state index < -0.39 is 35.4 Å². The van der Waals surface area contributed by atoms with Crippen molar-refractivity contribution in [2.24, 2.45) is 5.73 Å². The Labute approximate surface area is 169 Å². The third kappa shape index (κ3) is 10.3. The van der Waals surface area contributed by atoms with Crippen molar-refractivity contribution >= 4 is 18.0 Å². The number of carbonyl (C=O) groups is 3. The number of aliphatic carboxylic acids is 1. The number of alkyl carbamates (subject to hydrolysis) is 1. The first kappa shape index (κ1) is 24.2. The number of nitrogens with one attached hydrogen (secondary N) is 1. The van der Waals surface area contributed by atoms with Gasteiger partial charge in [0.25, 0.3) is 0 Å². The summed E-state index contributed by atoms with van der Waals surface area (Å²) < 4.78 is 25.3. The van der Waals surface area contributed by atoms with Crippen molar-refractivity contribution in [1.82, 2.24) is 5.32 Å². The first-order valence-corrected chi connectivity index (χ1v) is 9.37. The SMILES string of the molecule is CC(C)(C)OC(=O)N[C@@H](CCC(N)=O)COc1cccc(CCCC(=O)O)c1F. The fourth-order valence-electron chi connectivity index (χ4n) is 2.47. The zero-order chi connectivity index (χ0) is 22.0. The molecule has 0 heterocycles. The molecule has 0 saturated heterocycles. The van der Waals surface area contributed by atoms with Crippen LogP contribution < -0.4 is 15.8 Å². The van der Waals surface area contributed by atoms with E-state index in [-0.39, 0.29) is 38.0 Å². The number of aryl methyl sites for hydroxylation is 1. The summed E-state index contributed by atoms with van der Waals surface area (Å²) in [6.45, 7) is 5.05. The quantitative estimate of drug-likeness (QED) is 0.513. The molecule has 1 aromatic rings. The van der Waals surface area contributed by atoms with Gasteiger partial charge >= 0.3 is 12.1 Å². The molecule has 0 aliphatic rings. The molecule has 0 bridgehead atoms. The average molecular weight is 412 g/mol. The molecule has 1 aromatic carbocycles. The largest absolute Gasteiger partial charge is 0.488 e. The maximum Gasteiger partial charge on any atom is 0.407 e. The summed E-state index contributed by atoms with van der Waals surface area (Å²) in [6, 6.07) is 3.99. The third-order valence-electron chi connectivity index (χ3n) is 3.78. The van der Waals surface area contributed by atoms with Crippen molar-refractivity contribution in [3.63, 3.8) is 0 Å². The minimum absolute atomic E-state index is 0.0154. The summed E-state index contributed by atoms with van der Waals surface area (Å²) in [5.74, 6) is -2.08. The summed E-state index contributed by atoms with van der Waals surface area (Å²) in [7, 11) is 0. The molecule has 2 amide bonds. The maximum absolute atomic E-state index is 14.6. The molecule has 0 aliphatic carbocycles. The van der Waals surface area contributed by atoms with Gasteiger partial charge in [-0.15, -0.1) is 0 Å². The molecule has 29 heavy (non-hydrogen) atoms. The lowest BCUT2D eigenvalue weighted by Crippen LogP contribution is -2.42. The van der Waals surface area contributed by atoms with E-state index in [2.05, 4.69) is 5.32 Å². The van der Waals surface area contributed by atoms with Gasteiger partial charge in [-0.2, -0.15) is 0 Å². The van der Waals surface area contributed by atoms with Crippen LogP contribution in [0.4, 0.5) is 9.18 Å². The van der Waals surface area contributed by atoms with Crippen LogP contribution in [-0.4, -0.2) is 41.3 Å². The number of primary amides is 1. The lowest BCUT2D eigenvalue weighted by Gasteiger charge is -2.24. The van der Waals surface area contributed by atoms with Crippen molar-refractivity contribution in [3.05, 3.63) is 29.6 Å². The number of benzene rings is 1. The number of rotatable bonds is 11. The summed E-state index contributed by atoms with van der Waals surface area (Å²) in [5.41, 5.74) is 4.81. The zero-order valence-corrected chi connectivity index (χ0v) is 17.0. The van der Waals surface area contributed by atoms with Crippen LogP contribution in [0.3, 0.4) is 0 Å².